The highest BCUT2D eigenvalue weighted by Crippen LogP contribution is 2.05. The minimum atomic E-state index is -1.05. The van der Waals surface area contributed by atoms with Crippen molar-refractivity contribution in [1.29, 1.82) is 0 Å². The highest BCUT2D eigenvalue weighted by molar-refractivity contribution is 5.98. The van der Waals surface area contributed by atoms with Crippen molar-refractivity contribution < 1.29 is 19.4 Å². The average molecular weight is 236 g/mol. The molecule has 1 aromatic carbocycles. The summed E-state index contributed by atoms with van der Waals surface area (Å²) in [7, 11) is 0. The Balaban J connectivity index is 2.71. The van der Waals surface area contributed by atoms with E-state index in [2.05, 4.69) is 15.3 Å². The van der Waals surface area contributed by atoms with Crippen LogP contribution in [0.5, 0.6) is 0 Å². The van der Waals surface area contributed by atoms with Crippen molar-refractivity contribution in [3.63, 3.8) is 0 Å². The maximum Gasteiger partial charge on any atom is 0.427 e. The van der Waals surface area contributed by atoms with Crippen molar-refractivity contribution in [2.75, 3.05) is 6.61 Å². The second-order valence-corrected chi connectivity index (χ2v) is 2.98. The lowest BCUT2D eigenvalue weighted by molar-refractivity contribution is 0.0696. The lowest BCUT2D eigenvalue weighted by Crippen LogP contribution is -2.18. The van der Waals surface area contributed by atoms with E-state index in [1.165, 1.54) is 12.3 Å². The highest BCUT2D eigenvalue weighted by atomic mass is 16.5. The van der Waals surface area contributed by atoms with Gasteiger partial charge in [-0.3, -0.25) is 0 Å². The Bertz CT molecular complexity index is 443. The Morgan fingerprint density at radius 3 is 2.82 bits per heavy atom. The van der Waals surface area contributed by atoms with Gasteiger partial charge in [-0.15, -0.1) is 0 Å². The molecule has 1 amide bonds. The Kier molecular flexibility index (Phi) is 4.68. The number of amides is 1. The second-order valence-electron chi connectivity index (χ2n) is 2.98. The molecule has 0 unspecified atom stereocenters. The molecule has 0 atom stereocenters. The molecule has 1 rings (SSSR count). The average Bonchev–Trinajstić information content (AvgIpc) is 2.30. The molecule has 6 nitrogen and oxygen atoms in total. The number of hydrogen-bond donors (Lipinski definition) is 2. The fourth-order valence-electron chi connectivity index (χ4n) is 1.12. The van der Waals surface area contributed by atoms with E-state index in [0.29, 0.717) is 5.56 Å². The van der Waals surface area contributed by atoms with Gasteiger partial charge in [-0.05, 0) is 13.0 Å². The summed E-state index contributed by atoms with van der Waals surface area (Å²) in [5.41, 5.74) is 2.63. The molecule has 0 saturated heterocycles. The van der Waals surface area contributed by atoms with Crippen molar-refractivity contribution in [2.24, 2.45) is 5.10 Å². The van der Waals surface area contributed by atoms with Crippen molar-refractivity contribution in [3.8, 4) is 0 Å². The molecule has 90 valence electrons. The van der Waals surface area contributed by atoms with E-state index < -0.39 is 12.1 Å². The smallest absolute Gasteiger partial charge is 0.427 e. The second kappa shape index (κ2) is 6.26. The number of carbonyl (C=O) groups is 2. The maximum atomic E-state index is 10.9. The fraction of sp³-hybridized carbons (Fsp3) is 0.182. The summed E-state index contributed by atoms with van der Waals surface area (Å²) in [4.78, 5) is 21.7. The fourth-order valence-corrected chi connectivity index (χ4v) is 1.12. The number of ether oxygens (including phenoxy) is 1. The summed E-state index contributed by atoms with van der Waals surface area (Å²) in [6.45, 7) is 1.91. The topological polar surface area (TPSA) is 88.0 Å². The molecule has 0 spiro atoms. The molecular weight excluding hydrogens is 224 g/mol. The molecule has 0 aliphatic rings. The summed E-state index contributed by atoms with van der Waals surface area (Å²) >= 11 is 0. The van der Waals surface area contributed by atoms with Gasteiger partial charge in [0.1, 0.15) is 0 Å². The molecule has 2 N–H and O–H groups in total. The van der Waals surface area contributed by atoms with Crippen LogP contribution >= 0.6 is 0 Å². The standard InChI is InChI=1S/C11H12N2O4/c1-2-17-11(16)13-12-7-8-5-3-4-6-9(8)10(14)15/h3-7H,2H2,1H3,(H,13,16)(H,14,15)/b12-7-. The number of benzene rings is 1. The highest BCUT2D eigenvalue weighted by Gasteiger charge is 2.06. The Morgan fingerprint density at radius 1 is 1.47 bits per heavy atom. The molecule has 0 aromatic heterocycles. The number of carboxylic acids is 1. The van der Waals surface area contributed by atoms with Gasteiger partial charge in [0.2, 0.25) is 0 Å². The van der Waals surface area contributed by atoms with Crippen LogP contribution in [0.2, 0.25) is 0 Å². The SMILES string of the molecule is CCOC(=O)N/N=C\c1ccccc1C(=O)O. The van der Waals surface area contributed by atoms with Gasteiger partial charge in [-0.25, -0.2) is 15.0 Å². The first-order valence-electron chi connectivity index (χ1n) is 4.93. The van der Waals surface area contributed by atoms with Crippen LogP contribution in [0, 0.1) is 0 Å². The van der Waals surface area contributed by atoms with Crippen molar-refractivity contribution in [1.82, 2.24) is 5.43 Å². The largest absolute Gasteiger partial charge is 0.478 e. The predicted molar refractivity (Wildman–Crippen MR) is 61.2 cm³/mol. The molecule has 0 radical (unpaired) electrons. The van der Waals surface area contributed by atoms with Gasteiger partial charge in [0.05, 0.1) is 18.4 Å². The molecule has 1 aromatic rings. The van der Waals surface area contributed by atoms with Crippen molar-refractivity contribution in [2.45, 2.75) is 6.92 Å². The lowest BCUT2D eigenvalue weighted by atomic mass is 10.1. The number of hydrogen-bond acceptors (Lipinski definition) is 4. The number of hydrazone groups is 1. The zero-order chi connectivity index (χ0) is 12.7. The van der Waals surface area contributed by atoms with Crippen LogP contribution in [0.4, 0.5) is 4.79 Å². The van der Waals surface area contributed by atoms with E-state index in [1.54, 1.807) is 25.1 Å². The van der Waals surface area contributed by atoms with E-state index >= 15 is 0 Å². The summed E-state index contributed by atoms with van der Waals surface area (Å²) < 4.78 is 4.58. The van der Waals surface area contributed by atoms with Gasteiger partial charge in [-0.2, -0.15) is 5.10 Å². The van der Waals surface area contributed by atoms with E-state index in [9.17, 15) is 9.59 Å². The number of nitrogens with one attached hydrogen (secondary N) is 1. The monoisotopic (exact) mass is 236 g/mol. The van der Waals surface area contributed by atoms with Crippen LogP contribution in [0.3, 0.4) is 0 Å². The van der Waals surface area contributed by atoms with Crippen LogP contribution in [0.15, 0.2) is 29.4 Å². The van der Waals surface area contributed by atoms with Gasteiger partial charge < -0.3 is 9.84 Å². The number of nitrogens with zero attached hydrogens (tertiary/aromatic N) is 1. The summed E-state index contributed by atoms with van der Waals surface area (Å²) in [5, 5.41) is 12.5. The first-order valence-corrected chi connectivity index (χ1v) is 4.93. The molecular formula is C11H12N2O4. The molecule has 17 heavy (non-hydrogen) atoms. The number of rotatable bonds is 4. The lowest BCUT2D eigenvalue weighted by Gasteiger charge is -2.00. The normalized spacial score (nSPS) is 10.2. The zero-order valence-electron chi connectivity index (χ0n) is 9.21. The molecule has 0 heterocycles. The first-order chi connectivity index (χ1) is 8.15. The molecule has 6 heteroatoms. The summed E-state index contributed by atoms with van der Waals surface area (Å²) in [6.07, 6.45) is 0.567. The van der Waals surface area contributed by atoms with E-state index in [4.69, 9.17) is 5.11 Å². The van der Waals surface area contributed by atoms with Crippen molar-refractivity contribution in [3.05, 3.63) is 35.4 Å². The van der Waals surface area contributed by atoms with Crippen LogP contribution in [0.25, 0.3) is 0 Å². The maximum absolute atomic E-state index is 10.9. The number of aromatic carboxylic acids is 1. The van der Waals surface area contributed by atoms with Gasteiger partial charge in [0.15, 0.2) is 0 Å². The third kappa shape index (κ3) is 3.94. The van der Waals surface area contributed by atoms with Crippen molar-refractivity contribution >= 4 is 18.3 Å². The summed E-state index contributed by atoms with van der Waals surface area (Å²) in [6, 6.07) is 6.32. The molecule has 0 saturated carbocycles. The Hall–Kier alpha value is -2.37. The van der Waals surface area contributed by atoms with E-state index in [0.717, 1.165) is 0 Å². The van der Waals surface area contributed by atoms with Gasteiger partial charge in [0, 0.05) is 5.56 Å². The Morgan fingerprint density at radius 2 is 2.18 bits per heavy atom. The van der Waals surface area contributed by atoms with Gasteiger partial charge in [-0.1, -0.05) is 18.2 Å². The minimum absolute atomic E-state index is 0.113. The molecule has 0 fully saturated rings. The van der Waals surface area contributed by atoms with Gasteiger partial charge in [0.25, 0.3) is 0 Å². The van der Waals surface area contributed by atoms with Crippen LogP contribution in [-0.2, 0) is 4.74 Å². The van der Waals surface area contributed by atoms with Gasteiger partial charge >= 0.3 is 12.1 Å². The zero-order valence-corrected chi connectivity index (χ0v) is 9.21. The van der Waals surface area contributed by atoms with E-state index in [-0.39, 0.29) is 12.2 Å². The van der Waals surface area contributed by atoms with Crippen LogP contribution < -0.4 is 5.43 Å². The molecule has 0 bridgehead atoms. The quantitative estimate of drug-likeness (QED) is 0.612. The summed E-state index contributed by atoms with van der Waals surface area (Å²) in [5.74, 6) is -1.05. The van der Waals surface area contributed by atoms with Crippen LogP contribution in [0.1, 0.15) is 22.8 Å². The van der Waals surface area contributed by atoms with Crippen LogP contribution in [-0.4, -0.2) is 30.0 Å². The third-order valence-corrected chi connectivity index (χ3v) is 1.83. The van der Waals surface area contributed by atoms with E-state index in [1.807, 2.05) is 0 Å². The molecule has 0 aliphatic carbocycles. The third-order valence-electron chi connectivity index (χ3n) is 1.83. The number of carbonyl (C=O) groups excluding carboxylic acids is 1. The Labute approximate surface area is 97.9 Å². The predicted octanol–water partition coefficient (Wildman–Crippen LogP) is 1.46. The first kappa shape index (κ1) is 12.7. The minimum Gasteiger partial charge on any atom is -0.478 e. The molecule has 0 aliphatic heterocycles. The number of carboxylic acid groups (broad SMARTS) is 1.